The van der Waals surface area contributed by atoms with Crippen molar-refractivity contribution >= 4 is 11.8 Å². The molecule has 1 saturated carbocycles. The topological polar surface area (TPSA) is 63.6 Å². The van der Waals surface area contributed by atoms with Gasteiger partial charge in [-0.15, -0.1) is 0 Å². The highest BCUT2D eigenvalue weighted by atomic mass is 16.6. The van der Waals surface area contributed by atoms with Gasteiger partial charge in [0.05, 0.1) is 0 Å². The maximum absolute atomic E-state index is 12.5. The summed E-state index contributed by atoms with van der Waals surface area (Å²) >= 11 is 0. The van der Waals surface area contributed by atoms with Gasteiger partial charge in [0.25, 0.3) is 0 Å². The molecule has 1 aliphatic carbocycles. The summed E-state index contributed by atoms with van der Waals surface area (Å²) in [4.78, 5) is 24.5. The van der Waals surface area contributed by atoms with Crippen LogP contribution in [0, 0.1) is 11.8 Å². The Morgan fingerprint density at radius 2 is 2.00 bits per heavy atom. The Bertz CT molecular complexity index is 630. The molecule has 4 heteroatoms. The van der Waals surface area contributed by atoms with Crippen LogP contribution in [0.4, 0.5) is 0 Å². The van der Waals surface area contributed by atoms with Gasteiger partial charge in [0, 0.05) is 5.92 Å². The number of Topliss-reactive ketones (excluding diaryl/α,β-unsaturated/α-hetero) is 1. The van der Waals surface area contributed by atoms with E-state index in [4.69, 9.17) is 4.74 Å². The third-order valence-electron chi connectivity index (χ3n) is 4.30. The molecule has 1 aromatic carbocycles. The molecule has 1 aromatic rings. The second-order valence-corrected chi connectivity index (χ2v) is 6.51. The minimum Gasteiger partial charge on any atom is -0.507 e. The van der Waals surface area contributed by atoms with Crippen molar-refractivity contribution in [3.05, 3.63) is 47.2 Å². The quantitative estimate of drug-likeness (QED) is 0.670. The standard InChI is InChI=1S/C18H20O4/c1-10(2)8-14-17(20)15(18(21)22-14)16(19)13-9-12(13)11-6-4-3-5-7-11/h3-7,10,12-14,20H,8-9H2,1-2H3/t12-,13+,14?/m0/s1. The van der Waals surface area contributed by atoms with E-state index in [2.05, 4.69) is 0 Å². The molecule has 0 spiro atoms. The Morgan fingerprint density at radius 3 is 2.64 bits per heavy atom. The Hall–Kier alpha value is -2.10. The number of cyclic esters (lactones) is 1. The second-order valence-electron chi connectivity index (χ2n) is 6.51. The molecule has 4 nitrogen and oxygen atoms in total. The van der Waals surface area contributed by atoms with E-state index >= 15 is 0 Å². The van der Waals surface area contributed by atoms with Gasteiger partial charge in [-0.2, -0.15) is 0 Å². The van der Waals surface area contributed by atoms with Gasteiger partial charge >= 0.3 is 5.97 Å². The Morgan fingerprint density at radius 1 is 1.32 bits per heavy atom. The predicted octanol–water partition coefficient (Wildman–Crippen LogP) is 3.14. The number of ketones is 1. The number of esters is 1. The number of ether oxygens (including phenoxy) is 1. The first kappa shape index (κ1) is 14.8. The molecule has 0 bridgehead atoms. The number of aliphatic hydroxyl groups is 1. The Balaban J connectivity index is 1.75. The number of carbonyl (C=O) groups excluding carboxylic acids is 2. The largest absolute Gasteiger partial charge is 0.507 e. The molecule has 3 atom stereocenters. The number of aliphatic hydroxyl groups excluding tert-OH is 1. The summed E-state index contributed by atoms with van der Waals surface area (Å²) in [5.74, 6) is -0.930. The van der Waals surface area contributed by atoms with E-state index in [0.717, 1.165) is 12.0 Å². The molecule has 22 heavy (non-hydrogen) atoms. The fraction of sp³-hybridized carbons (Fsp3) is 0.444. The SMILES string of the molecule is CC(C)CC1OC(=O)C(C(=O)[C@@H]2C[C@H]2c2ccccc2)=C1O. The first-order chi connectivity index (χ1) is 10.5. The molecule has 1 unspecified atom stereocenters. The number of hydrogen-bond acceptors (Lipinski definition) is 4. The highest BCUT2D eigenvalue weighted by Crippen LogP contribution is 2.49. The maximum atomic E-state index is 12.5. The average Bonchev–Trinajstić information content (AvgIpc) is 3.22. The van der Waals surface area contributed by atoms with E-state index in [9.17, 15) is 14.7 Å². The maximum Gasteiger partial charge on any atom is 0.346 e. The van der Waals surface area contributed by atoms with Crippen LogP contribution in [0.15, 0.2) is 41.7 Å². The first-order valence-electron chi connectivity index (χ1n) is 7.72. The third-order valence-corrected chi connectivity index (χ3v) is 4.30. The van der Waals surface area contributed by atoms with Crippen molar-refractivity contribution in [3.8, 4) is 0 Å². The van der Waals surface area contributed by atoms with Crippen LogP contribution in [0.5, 0.6) is 0 Å². The lowest BCUT2D eigenvalue weighted by molar-refractivity contribution is -0.141. The third kappa shape index (κ3) is 2.65. The van der Waals surface area contributed by atoms with Crippen molar-refractivity contribution in [1.82, 2.24) is 0 Å². The smallest absolute Gasteiger partial charge is 0.346 e. The van der Waals surface area contributed by atoms with Crippen LogP contribution >= 0.6 is 0 Å². The van der Waals surface area contributed by atoms with Gasteiger partial charge in [-0.05, 0) is 30.2 Å². The number of hydrogen-bond donors (Lipinski definition) is 1. The van der Waals surface area contributed by atoms with Gasteiger partial charge in [0.15, 0.2) is 17.6 Å². The van der Waals surface area contributed by atoms with Gasteiger partial charge in [-0.1, -0.05) is 44.2 Å². The summed E-state index contributed by atoms with van der Waals surface area (Å²) < 4.78 is 5.15. The Kier molecular flexibility index (Phi) is 3.77. The van der Waals surface area contributed by atoms with Gasteiger partial charge in [-0.25, -0.2) is 4.79 Å². The van der Waals surface area contributed by atoms with Gasteiger partial charge in [-0.3, -0.25) is 4.79 Å². The molecule has 0 saturated heterocycles. The highest BCUT2D eigenvalue weighted by Gasteiger charge is 2.49. The van der Waals surface area contributed by atoms with Crippen molar-refractivity contribution in [2.45, 2.75) is 38.7 Å². The highest BCUT2D eigenvalue weighted by molar-refractivity contribution is 6.20. The van der Waals surface area contributed by atoms with E-state index in [1.165, 1.54) is 0 Å². The molecular formula is C18H20O4. The van der Waals surface area contributed by atoms with Gasteiger partial charge in [0.2, 0.25) is 0 Å². The second kappa shape index (κ2) is 5.59. The first-order valence-corrected chi connectivity index (χ1v) is 7.72. The van der Waals surface area contributed by atoms with Crippen molar-refractivity contribution in [2.24, 2.45) is 11.8 Å². The molecule has 0 amide bonds. The molecular weight excluding hydrogens is 280 g/mol. The zero-order valence-corrected chi connectivity index (χ0v) is 12.8. The summed E-state index contributed by atoms with van der Waals surface area (Å²) in [6, 6.07) is 9.78. The van der Waals surface area contributed by atoms with Crippen LogP contribution in [0.2, 0.25) is 0 Å². The molecule has 1 fully saturated rings. The van der Waals surface area contributed by atoms with Crippen molar-refractivity contribution in [3.63, 3.8) is 0 Å². The molecule has 1 heterocycles. The monoisotopic (exact) mass is 300 g/mol. The number of rotatable bonds is 5. The molecule has 1 aliphatic heterocycles. The predicted molar refractivity (Wildman–Crippen MR) is 81.3 cm³/mol. The number of benzene rings is 1. The van der Waals surface area contributed by atoms with Crippen LogP contribution in [-0.2, 0) is 14.3 Å². The molecule has 116 valence electrons. The van der Waals surface area contributed by atoms with Crippen LogP contribution in [0.3, 0.4) is 0 Å². The van der Waals surface area contributed by atoms with Crippen molar-refractivity contribution < 1.29 is 19.4 Å². The van der Waals surface area contributed by atoms with E-state index in [1.807, 2.05) is 44.2 Å². The minimum absolute atomic E-state index is 0.130. The lowest BCUT2D eigenvalue weighted by Crippen LogP contribution is -2.14. The molecule has 3 rings (SSSR count). The van der Waals surface area contributed by atoms with Crippen LogP contribution in [-0.4, -0.2) is 23.0 Å². The number of carbonyl (C=O) groups is 2. The van der Waals surface area contributed by atoms with Crippen LogP contribution in [0.25, 0.3) is 0 Å². The van der Waals surface area contributed by atoms with Crippen molar-refractivity contribution in [1.29, 1.82) is 0 Å². The summed E-state index contributed by atoms with van der Waals surface area (Å²) in [6.45, 7) is 3.96. The molecule has 2 aliphatic rings. The lowest BCUT2D eigenvalue weighted by atomic mass is 9.99. The van der Waals surface area contributed by atoms with Crippen molar-refractivity contribution in [2.75, 3.05) is 0 Å². The van der Waals surface area contributed by atoms with Crippen LogP contribution in [0.1, 0.15) is 38.2 Å². The fourth-order valence-corrected chi connectivity index (χ4v) is 3.06. The molecule has 0 radical (unpaired) electrons. The fourth-order valence-electron chi connectivity index (χ4n) is 3.06. The summed E-state index contributed by atoms with van der Waals surface area (Å²) in [5.41, 5.74) is 0.972. The van der Waals surface area contributed by atoms with E-state index in [1.54, 1.807) is 0 Å². The summed E-state index contributed by atoms with van der Waals surface area (Å²) in [6.07, 6.45) is 0.587. The molecule has 1 N–H and O–H groups in total. The van der Waals surface area contributed by atoms with E-state index in [0.29, 0.717) is 6.42 Å². The zero-order chi connectivity index (χ0) is 15.9. The summed E-state index contributed by atoms with van der Waals surface area (Å²) in [5, 5.41) is 10.2. The summed E-state index contributed by atoms with van der Waals surface area (Å²) in [7, 11) is 0. The van der Waals surface area contributed by atoms with E-state index in [-0.39, 0.29) is 34.9 Å². The van der Waals surface area contributed by atoms with Crippen LogP contribution < -0.4 is 0 Å². The normalized spacial score (nSPS) is 27.2. The molecule has 0 aromatic heterocycles. The van der Waals surface area contributed by atoms with Gasteiger partial charge < -0.3 is 9.84 Å². The van der Waals surface area contributed by atoms with E-state index < -0.39 is 12.1 Å². The Labute approximate surface area is 129 Å². The van der Waals surface area contributed by atoms with Gasteiger partial charge in [0.1, 0.15) is 5.57 Å². The lowest BCUT2D eigenvalue weighted by Gasteiger charge is -2.11. The zero-order valence-electron chi connectivity index (χ0n) is 12.8. The minimum atomic E-state index is -0.674. The average molecular weight is 300 g/mol.